The van der Waals surface area contributed by atoms with Crippen molar-refractivity contribution in [2.45, 2.75) is 57.3 Å². The van der Waals surface area contributed by atoms with Crippen molar-refractivity contribution < 1.29 is 0 Å². The lowest BCUT2D eigenvalue weighted by Crippen LogP contribution is -2.49. The predicted molar refractivity (Wildman–Crippen MR) is 72.4 cm³/mol. The lowest BCUT2D eigenvalue weighted by molar-refractivity contribution is 0.112. The third-order valence-corrected chi connectivity index (χ3v) is 4.52. The fourth-order valence-electron chi connectivity index (χ4n) is 3.75. The molecule has 4 nitrogen and oxygen atoms in total. The molecule has 2 fully saturated rings. The minimum atomic E-state index is 0.758. The van der Waals surface area contributed by atoms with Crippen molar-refractivity contribution in [3.05, 3.63) is 18.5 Å². The molecule has 2 unspecified atom stereocenters. The SMILES string of the molecule is CCNC1CC2CCC(C1)N2CCn1cccn1. The van der Waals surface area contributed by atoms with Gasteiger partial charge in [0.2, 0.25) is 0 Å². The summed E-state index contributed by atoms with van der Waals surface area (Å²) in [5, 5.41) is 7.92. The zero-order chi connectivity index (χ0) is 12.4. The molecule has 0 aromatic carbocycles. The number of aromatic nitrogens is 2. The molecule has 0 saturated carbocycles. The van der Waals surface area contributed by atoms with Gasteiger partial charge in [0.05, 0.1) is 6.54 Å². The molecule has 2 aliphatic rings. The Labute approximate surface area is 109 Å². The van der Waals surface area contributed by atoms with Gasteiger partial charge < -0.3 is 5.32 Å². The van der Waals surface area contributed by atoms with Crippen molar-refractivity contribution >= 4 is 0 Å². The second-order valence-electron chi connectivity index (χ2n) is 5.62. The summed E-state index contributed by atoms with van der Waals surface area (Å²) in [5.41, 5.74) is 0. The van der Waals surface area contributed by atoms with E-state index >= 15 is 0 Å². The van der Waals surface area contributed by atoms with Crippen molar-refractivity contribution in [3.8, 4) is 0 Å². The third kappa shape index (κ3) is 2.45. The maximum atomic E-state index is 4.29. The van der Waals surface area contributed by atoms with E-state index in [0.717, 1.165) is 37.8 Å². The number of nitrogens with zero attached hydrogens (tertiary/aromatic N) is 3. The molecule has 100 valence electrons. The van der Waals surface area contributed by atoms with E-state index in [0.29, 0.717) is 0 Å². The van der Waals surface area contributed by atoms with Crippen LogP contribution in [0.1, 0.15) is 32.6 Å². The van der Waals surface area contributed by atoms with Crippen LogP contribution in [0.15, 0.2) is 18.5 Å². The van der Waals surface area contributed by atoms with Gasteiger partial charge in [0.25, 0.3) is 0 Å². The van der Waals surface area contributed by atoms with E-state index < -0.39 is 0 Å². The third-order valence-electron chi connectivity index (χ3n) is 4.52. The molecule has 1 aromatic rings. The standard InChI is InChI=1S/C14H24N4/c1-2-15-12-10-13-4-5-14(11-12)18(13)9-8-17-7-3-6-16-17/h3,6-7,12-15H,2,4-5,8-11H2,1H3. The molecular weight excluding hydrogens is 224 g/mol. The summed E-state index contributed by atoms with van der Waals surface area (Å²) in [6.07, 6.45) is 9.39. The molecule has 2 atom stereocenters. The first-order valence-electron chi connectivity index (χ1n) is 7.33. The Morgan fingerprint density at radius 1 is 1.22 bits per heavy atom. The second kappa shape index (κ2) is 5.41. The molecule has 1 aromatic heterocycles. The molecule has 0 radical (unpaired) electrons. The van der Waals surface area contributed by atoms with E-state index in [2.05, 4.69) is 33.1 Å². The Hall–Kier alpha value is -0.870. The van der Waals surface area contributed by atoms with Crippen molar-refractivity contribution in [2.24, 2.45) is 0 Å². The summed E-state index contributed by atoms with van der Waals surface area (Å²) >= 11 is 0. The van der Waals surface area contributed by atoms with Crippen LogP contribution in [0.25, 0.3) is 0 Å². The van der Waals surface area contributed by atoms with Gasteiger partial charge in [-0.25, -0.2) is 0 Å². The molecular formula is C14H24N4. The predicted octanol–water partition coefficient (Wildman–Crippen LogP) is 1.49. The number of nitrogens with one attached hydrogen (secondary N) is 1. The Kier molecular flexibility index (Phi) is 3.66. The molecule has 0 spiro atoms. The molecule has 3 rings (SSSR count). The Bertz CT molecular complexity index is 348. The van der Waals surface area contributed by atoms with Crippen LogP contribution in [0.4, 0.5) is 0 Å². The largest absolute Gasteiger partial charge is 0.314 e. The van der Waals surface area contributed by atoms with Crippen LogP contribution in [-0.2, 0) is 6.54 Å². The fraction of sp³-hybridized carbons (Fsp3) is 0.786. The Morgan fingerprint density at radius 3 is 2.61 bits per heavy atom. The van der Waals surface area contributed by atoms with E-state index in [1.165, 1.54) is 25.7 Å². The van der Waals surface area contributed by atoms with Gasteiger partial charge in [0.15, 0.2) is 0 Å². The minimum Gasteiger partial charge on any atom is -0.314 e. The molecule has 4 heteroatoms. The highest BCUT2D eigenvalue weighted by Crippen LogP contribution is 2.35. The topological polar surface area (TPSA) is 33.1 Å². The van der Waals surface area contributed by atoms with Gasteiger partial charge >= 0.3 is 0 Å². The number of rotatable bonds is 5. The average Bonchev–Trinajstić information content (AvgIpc) is 2.94. The van der Waals surface area contributed by atoms with Crippen molar-refractivity contribution in [3.63, 3.8) is 0 Å². The van der Waals surface area contributed by atoms with Crippen LogP contribution in [-0.4, -0.2) is 45.9 Å². The second-order valence-corrected chi connectivity index (χ2v) is 5.62. The monoisotopic (exact) mass is 248 g/mol. The molecule has 2 bridgehead atoms. The van der Waals surface area contributed by atoms with E-state index in [9.17, 15) is 0 Å². The van der Waals surface area contributed by atoms with Crippen molar-refractivity contribution in [1.82, 2.24) is 20.0 Å². The average molecular weight is 248 g/mol. The zero-order valence-corrected chi connectivity index (χ0v) is 11.3. The van der Waals surface area contributed by atoms with E-state index in [4.69, 9.17) is 0 Å². The van der Waals surface area contributed by atoms with Gasteiger partial charge in [-0.2, -0.15) is 5.10 Å². The van der Waals surface area contributed by atoms with Crippen LogP contribution in [0.2, 0.25) is 0 Å². The highest BCUT2D eigenvalue weighted by Gasteiger charge is 2.39. The highest BCUT2D eigenvalue weighted by atomic mass is 15.3. The summed E-state index contributed by atoms with van der Waals surface area (Å²) in [5.74, 6) is 0. The van der Waals surface area contributed by atoms with Crippen LogP contribution in [0.5, 0.6) is 0 Å². The first kappa shape index (κ1) is 12.2. The van der Waals surface area contributed by atoms with Crippen molar-refractivity contribution in [2.75, 3.05) is 13.1 Å². The molecule has 0 amide bonds. The number of fused-ring (bicyclic) bond motifs is 2. The minimum absolute atomic E-state index is 0.758. The van der Waals surface area contributed by atoms with Gasteiger partial charge in [-0.15, -0.1) is 0 Å². The quantitative estimate of drug-likeness (QED) is 0.857. The van der Waals surface area contributed by atoms with Gasteiger partial charge in [0.1, 0.15) is 0 Å². The fourth-order valence-corrected chi connectivity index (χ4v) is 3.75. The van der Waals surface area contributed by atoms with E-state index in [1.54, 1.807) is 0 Å². The molecule has 0 aliphatic carbocycles. The first-order valence-corrected chi connectivity index (χ1v) is 7.33. The lowest BCUT2D eigenvalue weighted by atomic mass is 9.97. The normalized spacial score (nSPS) is 31.9. The molecule has 18 heavy (non-hydrogen) atoms. The molecule has 3 heterocycles. The van der Waals surface area contributed by atoms with E-state index in [-0.39, 0.29) is 0 Å². The number of hydrogen-bond acceptors (Lipinski definition) is 3. The van der Waals surface area contributed by atoms with E-state index in [1.807, 2.05) is 12.3 Å². The summed E-state index contributed by atoms with van der Waals surface area (Å²) in [6, 6.07) is 4.38. The lowest BCUT2D eigenvalue weighted by Gasteiger charge is -2.39. The summed E-state index contributed by atoms with van der Waals surface area (Å²) in [7, 11) is 0. The van der Waals surface area contributed by atoms with Crippen LogP contribution < -0.4 is 5.32 Å². The Morgan fingerprint density at radius 2 is 2.00 bits per heavy atom. The van der Waals surface area contributed by atoms with Crippen LogP contribution >= 0.6 is 0 Å². The highest BCUT2D eigenvalue weighted by molar-refractivity contribution is 4.97. The maximum Gasteiger partial charge on any atom is 0.0536 e. The van der Waals surface area contributed by atoms with Crippen LogP contribution in [0.3, 0.4) is 0 Å². The molecule has 2 saturated heterocycles. The van der Waals surface area contributed by atoms with Gasteiger partial charge in [-0.3, -0.25) is 9.58 Å². The summed E-state index contributed by atoms with van der Waals surface area (Å²) in [6.45, 7) is 5.52. The molecule has 1 N–H and O–H groups in total. The Balaban J connectivity index is 1.55. The number of piperidine rings is 1. The first-order chi connectivity index (χ1) is 8.86. The zero-order valence-electron chi connectivity index (χ0n) is 11.3. The van der Waals surface area contributed by atoms with Gasteiger partial charge in [0, 0.05) is 37.1 Å². The van der Waals surface area contributed by atoms with Crippen LogP contribution in [0, 0.1) is 0 Å². The summed E-state index contributed by atoms with van der Waals surface area (Å²) in [4.78, 5) is 2.73. The number of hydrogen-bond donors (Lipinski definition) is 1. The van der Waals surface area contributed by atoms with Gasteiger partial charge in [-0.1, -0.05) is 6.92 Å². The van der Waals surface area contributed by atoms with Crippen molar-refractivity contribution in [1.29, 1.82) is 0 Å². The van der Waals surface area contributed by atoms with Gasteiger partial charge in [-0.05, 0) is 38.3 Å². The molecule has 2 aliphatic heterocycles. The summed E-state index contributed by atoms with van der Waals surface area (Å²) < 4.78 is 2.05. The smallest absolute Gasteiger partial charge is 0.0536 e. The maximum absolute atomic E-state index is 4.29.